The molecule has 424 valence electrons. The lowest BCUT2D eigenvalue weighted by Gasteiger charge is -2.35. The van der Waals surface area contributed by atoms with Crippen molar-refractivity contribution < 1.29 is 0 Å². The van der Waals surface area contributed by atoms with Gasteiger partial charge in [-0.2, -0.15) is 0 Å². The maximum absolute atomic E-state index is 5.57. The molecule has 4 heteroatoms. The van der Waals surface area contributed by atoms with E-state index < -0.39 is 0 Å². The molecule has 0 N–H and O–H groups in total. The minimum absolute atomic E-state index is 0.105. The first-order chi connectivity index (χ1) is 40.5. The Morgan fingerprint density at radius 1 is 0.293 bits per heavy atom. The van der Waals surface area contributed by atoms with Gasteiger partial charge in [0.1, 0.15) is 0 Å². The number of hydrogen-bond donors (Lipinski definition) is 0. The van der Waals surface area contributed by atoms with Gasteiger partial charge in [-0.05, 0) is 142 Å². The highest BCUT2D eigenvalue weighted by Crippen LogP contribution is 2.59. The second kappa shape index (κ2) is 27.3. The molecular weight excluding hydrogens is 993 g/mol. The molecular formula is C78H92N4. The summed E-state index contributed by atoms with van der Waals surface area (Å²) in [6.45, 7) is 9.29. The molecule has 4 aromatic rings. The highest BCUT2D eigenvalue weighted by molar-refractivity contribution is 6.34. The molecule has 4 aromatic carbocycles. The topological polar surface area (TPSA) is 49.4 Å². The average molecular weight is 1090 g/mol. The summed E-state index contributed by atoms with van der Waals surface area (Å²) in [5.41, 5.74) is 23.6. The molecule has 11 rings (SSSR count). The fourth-order valence-corrected chi connectivity index (χ4v) is 15.2. The van der Waals surface area contributed by atoms with Crippen molar-refractivity contribution in [1.29, 1.82) is 0 Å². The van der Waals surface area contributed by atoms with Gasteiger partial charge in [0.05, 0.1) is 45.6 Å². The molecule has 5 heterocycles. The van der Waals surface area contributed by atoms with E-state index in [4.69, 9.17) is 20.0 Å². The van der Waals surface area contributed by atoms with E-state index in [-0.39, 0.29) is 10.8 Å². The van der Waals surface area contributed by atoms with Crippen LogP contribution >= 0.6 is 0 Å². The van der Waals surface area contributed by atoms with E-state index in [1.54, 1.807) is 0 Å². The third kappa shape index (κ3) is 12.0. The van der Waals surface area contributed by atoms with Crippen molar-refractivity contribution in [3.05, 3.63) is 202 Å². The summed E-state index contributed by atoms with van der Waals surface area (Å²) in [5.74, 6) is 0. The van der Waals surface area contributed by atoms with Gasteiger partial charge in [0.25, 0.3) is 0 Å². The minimum Gasteiger partial charge on any atom is -0.248 e. The second-order valence-electron chi connectivity index (χ2n) is 24.8. The Labute approximate surface area is 493 Å². The number of unbranched alkanes of at least 4 members (excludes halogenated alkanes) is 20. The second-order valence-corrected chi connectivity index (χ2v) is 24.8. The standard InChI is InChI=1S/C78H92N4/c1-5-9-13-17-21-29-51-77(52-30-22-18-14-10-6-2)67-41-27-25-35-61(67)63-37-33-39-65(75(63)77)73-69-47-43-57(79-69)55-59-45-49-71(81-59)74(72-50-46-60(82-72)56-58-44-48-70(73)80-58)66-40-34-38-64-62-36-26-28-42-68(62)78(76(64)66,53-31-23-19-15-11-7-3)54-32-24-20-16-12-8-4/h25-28,33-50,55-56H,5-24,29-32,51-54H2,1-4H3. The molecule has 2 aliphatic carbocycles. The Morgan fingerprint density at radius 2 is 0.622 bits per heavy atom. The summed E-state index contributed by atoms with van der Waals surface area (Å²) in [4.78, 5) is 22.3. The predicted molar refractivity (Wildman–Crippen MR) is 354 cm³/mol. The van der Waals surface area contributed by atoms with Crippen LogP contribution in [0.3, 0.4) is 0 Å². The number of hydrogen-bond acceptors (Lipinski definition) is 4. The van der Waals surface area contributed by atoms with E-state index in [1.807, 2.05) is 0 Å². The number of aliphatic imine (C=N–C) groups is 4. The van der Waals surface area contributed by atoms with Gasteiger partial charge >= 0.3 is 0 Å². The molecule has 0 spiro atoms. The van der Waals surface area contributed by atoms with E-state index in [0.29, 0.717) is 0 Å². The normalized spacial score (nSPS) is 17.3. The third-order valence-electron chi connectivity index (χ3n) is 19.2. The zero-order valence-corrected chi connectivity index (χ0v) is 50.4. The molecule has 0 saturated heterocycles. The minimum atomic E-state index is -0.105. The van der Waals surface area contributed by atoms with E-state index in [0.717, 1.165) is 82.5 Å². The van der Waals surface area contributed by atoms with Crippen molar-refractivity contribution in [1.82, 2.24) is 0 Å². The van der Waals surface area contributed by atoms with Crippen molar-refractivity contribution in [2.75, 3.05) is 0 Å². The number of nitrogens with zero attached hydrogens (tertiary/aromatic N) is 4. The molecule has 0 radical (unpaired) electrons. The zero-order valence-electron chi connectivity index (χ0n) is 50.4. The first-order valence-electron chi connectivity index (χ1n) is 33.0. The van der Waals surface area contributed by atoms with Gasteiger partial charge in [0.2, 0.25) is 0 Å². The molecule has 0 amide bonds. The summed E-state index contributed by atoms with van der Waals surface area (Å²) < 4.78 is 0. The van der Waals surface area contributed by atoms with Crippen LogP contribution in [0, 0.1) is 0 Å². The van der Waals surface area contributed by atoms with Gasteiger partial charge in [0, 0.05) is 22.0 Å². The number of allylic oxidation sites excluding steroid dienone is 12. The van der Waals surface area contributed by atoms with Crippen LogP contribution in [-0.4, -0.2) is 22.8 Å². The van der Waals surface area contributed by atoms with Crippen molar-refractivity contribution in [2.45, 2.75) is 218 Å². The summed E-state index contributed by atoms with van der Waals surface area (Å²) in [5, 5.41) is 0. The van der Waals surface area contributed by atoms with Crippen LogP contribution in [0.2, 0.25) is 0 Å². The molecule has 0 saturated carbocycles. The van der Waals surface area contributed by atoms with Crippen molar-refractivity contribution in [3.8, 4) is 22.3 Å². The van der Waals surface area contributed by atoms with Crippen LogP contribution in [-0.2, 0) is 10.8 Å². The van der Waals surface area contributed by atoms with Crippen molar-refractivity contribution in [2.24, 2.45) is 20.0 Å². The Bertz CT molecular complexity index is 3110. The summed E-state index contributed by atoms with van der Waals surface area (Å²) in [6, 6.07) is 33.0. The fourth-order valence-electron chi connectivity index (χ4n) is 15.2. The quantitative estimate of drug-likeness (QED) is 0.0467. The molecule has 5 aliphatic heterocycles. The Kier molecular flexibility index (Phi) is 19.0. The maximum atomic E-state index is 5.57. The van der Waals surface area contributed by atoms with Crippen LogP contribution in [0.15, 0.2) is 188 Å². The number of benzene rings is 4. The molecule has 0 fully saturated rings. The lowest BCUT2D eigenvalue weighted by molar-refractivity contribution is 0.397. The van der Waals surface area contributed by atoms with Crippen LogP contribution in [0.4, 0.5) is 0 Å². The van der Waals surface area contributed by atoms with Crippen LogP contribution in [0.5, 0.6) is 0 Å². The van der Waals surface area contributed by atoms with E-state index >= 15 is 0 Å². The Balaban J connectivity index is 1.02. The molecule has 4 nitrogen and oxygen atoms in total. The first kappa shape index (κ1) is 57.3. The highest BCUT2D eigenvalue weighted by atomic mass is 14.9. The van der Waals surface area contributed by atoms with Crippen molar-refractivity contribution >= 4 is 34.0 Å². The van der Waals surface area contributed by atoms with Gasteiger partial charge in [-0.15, -0.1) is 0 Å². The van der Waals surface area contributed by atoms with E-state index in [9.17, 15) is 0 Å². The maximum Gasteiger partial charge on any atom is 0.0737 e. The van der Waals surface area contributed by atoms with Gasteiger partial charge in [0.15, 0.2) is 0 Å². The summed E-state index contributed by atoms with van der Waals surface area (Å²) in [7, 11) is 0. The van der Waals surface area contributed by atoms with Crippen molar-refractivity contribution in [3.63, 3.8) is 0 Å². The lowest BCUT2D eigenvalue weighted by Crippen LogP contribution is -2.27. The van der Waals surface area contributed by atoms with Gasteiger partial charge in [-0.3, -0.25) is 0 Å². The van der Waals surface area contributed by atoms with Crippen LogP contribution in [0.25, 0.3) is 33.4 Å². The smallest absolute Gasteiger partial charge is 0.0737 e. The predicted octanol–water partition coefficient (Wildman–Crippen LogP) is 22.2. The lowest BCUT2D eigenvalue weighted by atomic mass is 9.68. The Morgan fingerprint density at radius 3 is 1.00 bits per heavy atom. The number of fused-ring (bicyclic) bond motifs is 10. The fraction of sp³-hybridized carbons (Fsp3) is 0.436. The summed E-state index contributed by atoms with van der Waals surface area (Å²) in [6.07, 6.45) is 57.7. The molecule has 0 unspecified atom stereocenters. The third-order valence-corrected chi connectivity index (χ3v) is 19.2. The largest absolute Gasteiger partial charge is 0.248 e. The highest BCUT2D eigenvalue weighted by Gasteiger charge is 2.46. The van der Waals surface area contributed by atoms with Crippen LogP contribution in [0.1, 0.15) is 241 Å². The first-order valence-corrected chi connectivity index (χ1v) is 33.0. The monoisotopic (exact) mass is 1080 g/mol. The molecule has 82 heavy (non-hydrogen) atoms. The van der Waals surface area contributed by atoms with E-state index in [2.05, 4.69) is 173 Å². The molecule has 0 aromatic heterocycles. The molecule has 7 aliphatic rings. The summed E-state index contributed by atoms with van der Waals surface area (Å²) >= 11 is 0. The van der Waals surface area contributed by atoms with Gasteiger partial charge in [-0.1, -0.05) is 267 Å². The van der Waals surface area contributed by atoms with E-state index in [1.165, 1.54) is 210 Å². The van der Waals surface area contributed by atoms with Gasteiger partial charge in [-0.25, -0.2) is 20.0 Å². The molecule has 8 bridgehead atoms. The average Bonchev–Trinajstić information content (AvgIpc) is 4.58. The van der Waals surface area contributed by atoms with Crippen LogP contribution < -0.4 is 0 Å². The SMILES string of the molecule is CCCCCCCCC1(CCCCCCCC)c2ccccc2-c2cccc(C3=C4C=CC(=N4)C=C4C=CC(=N4)C(c4cccc5c4C(CCCCCCCC)(CCCCCCCC)c4ccccc4-5)=C4C=CC(=N4)C=C4C=CC3=N4)c21. The number of rotatable bonds is 30. The molecule has 0 atom stereocenters. The Hall–Kier alpha value is -6.52. The van der Waals surface area contributed by atoms with Gasteiger partial charge < -0.3 is 0 Å². The zero-order chi connectivity index (χ0) is 56.1.